The number of hydrogen-bond donors (Lipinski definition) is 1. The molecule has 1 aromatic carbocycles. The van der Waals surface area contributed by atoms with Gasteiger partial charge in [-0.25, -0.2) is 0 Å². The van der Waals surface area contributed by atoms with Gasteiger partial charge >= 0.3 is 0 Å². The van der Waals surface area contributed by atoms with Crippen LogP contribution in [-0.4, -0.2) is 47.0 Å². The molecule has 1 aromatic heterocycles. The second-order valence-corrected chi connectivity index (χ2v) is 7.09. The molecule has 0 unspecified atom stereocenters. The molecule has 4 rings (SSSR count). The summed E-state index contributed by atoms with van der Waals surface area (Å²) in [6.07, 6.45) is 0. The lowest BCUT2D eigenvalue weighted by atomic mass is 10.0. The summed E-state index contributed by atoms with van der Waals surface area (Å²) in [5, 5.41) is 11.9. The second-order valence-electron chi connectivity index (χ2n) is 6.65. The third-order valence-corrected chi connectivity index (χ3v) is 5.20. The Balaban J connectivity index is 1.41. The molecule has 2 aromatic rings. The van der Waals surface area contributed by atoms with Crippen LogP contribution in [-0.2, 0) is 18.3 Å². The zero-order valence-corrected chi connectivity index (χ0v) is 14.7. The molecular weight excluding hydrogens is 342 g/mol. The second kappa shape index (κ2) is 6.65. The minimum Gasteiger partial charge on any atom is -0.381 e. The van der Waals surface area contributed by atoms with Crippen LogP contribution in [0, 0.1) is 11.8 Å². The predicted octanol–water partition coefficient (Wildman–Crippen LogP) is 1.48. The Morgan fingerprint density at radius 1 is 1.24 bits per heavy atom. The average Bonchev–Trinajstić information content (AvgIpc) is 3.28. The molecule has 8 heteroatoms. The number of benzene rings is 1. The van der Waals surface area contributed by atoms with Crippen LogP contribution in [0.15, 0.2) is 24.3 Å². The number of carbonyl (C=O) groups excluding carboxylic acids is 1. The zero-order chi connectivity index (χ0) is 17.4. The number of anilines is 1. The summed E-state index contributed by atoms with van der Waals surface area (Å²) < 4.78 is 7.27. The highest BCUT2D eigenvalue weighted by Crippen LogP contribution is 2.31. The molecular formula is C17H20ClN5O2. The Hall–Kier alpha value is -2.12. The Morgan fingerprint density at radius 2 is 1.92 bits per heavy atom. The topological polar surface area (TPSA) is 72.3 Å². The molecule has 1 amide bonds. The van der Waals surface area contributed by atoms with Gasteiger partial charge in [0.05, 0.1) is 13.2 Å². The number of fused-ring (bicyclic) bond motifs is 1. The lowest BCUT2D eigenvalue weighted by molar-refractivity contribution is 0.0937. The Bertz CT molecular complexity index is 764. The number of nitrogens with zero attached hydrogens (tertiary/aromatic N) is 4. The largest absolute Gasteiger partial charge is 0.381 e. The van der Waals surface area contributed by atoms with E-state index in [0.717, 1.165) is 37.8 Å². The van der Waals surface area contributed by atoms with Crippen molar-refractivity contribution in [3.05, 3.63) is 40.7 Å². The first-order valence-electron chi connectivity index (χ1n) is 8.36. The Morgan fingerprint density at radius 3 is 2.60 bits per heavy atom. The number of amides is 1. The number of carbonyl (C=O) groups is 1. The molecule has 2 saturated heterocycles. The highest BCUT2D eigenvalue weighted by molar-refractivity contribution is 6.30. The van der Waals surface area contributed by atoms with Gasteiger partial charge in [-0.05, 0) is 17.7 Å². The van der Waals surface area contributed by atoms with Crippen molar-refractivity contribution in [1.29, 1.82) is 0 Å². The summed E-state index contributed by atoms with van der Waals surface area (Å²) in [7, 11) is 1.83. The quantitative estimate of drug-likeness (QED) is 0.893. The number of aromatic nitrogens is 3. The molecule has 0 saturated carbocycles. The van der Waals surface area contributed by atoms with E-state index < -0.39 is 0 Å². The van der Waals surface area contributed by atoms with Crippen molar-refractivity contribution in [3.8, 4) is 0 Å². The molecule has 25 heavy (non-hydrogen) atoms. The number of ether oxygens (including phenoxy) is 1. The van der Waals surface area contributed by atoms with Gasteiger partial charge < -0.3 is 15.0 Å². The van der Waals surface area contributed by atoms with E-state index in [1.807, 2.05) is 19.2 Å². The Labute approximate surface area is 150 Å². The standard InChI is InChI=1S/C17H20ClN5O2/c1-22-15(16(24)19-6-11-2-4-14(18)5-3-11)20-21-17(22)23-7-12-9-25-10-13(12)8-23/h2-5,12-13H,6-10H2,1H3,(H,19,24)/t12-,13+. The van der Waals surface area contributed by atoms with Crippen LogP contribution in [0.25, 0.3) is 0 Å². The van der Waals surface area contributed by atoms with Crippen LogP contribution in [0.4, 0.5) is 5.95 Å². The summed E-state index contributed by atoms with van der Waals surface area (Å²) in [6, 6.07) is 7.38. The fraction of sp³-hybridized carbons (Fsp3) is 0.471. The summed E-state index contributed by atoms with van der Waals surface area (Å²) in [5.74, 6) is 1.93. The van der Waals surface area contributed by atoms with Gasteiger partial charge in [-0.3, -0.25) is 9.36 Å². The first-order valence-corrected chi connectivity index (χ1v) is 8.74. The molecule has 0 aliphatic carbocycles. The number of hydrogen-bond acceptors (Lipinski definition) is 5. The van der Waals surface area contributed by atoms with E-state index in [1.54, 1.807) is 16.7 Å². The van der Waals surface area contributed by atoms with E-state index in [9.17, 15) is 4.79 Å². The minimum absolute atomic E-state index is 0.237. The van der Waals surface area contributed by atoms with Gasteiger partial charge in [-0.2, -0.15) is 0 Å². The van der Waals surface area contributed by atoms with Crippen LogP contribution < -0.4 is 10.2 Å². The molecule has 0 spiro atoms. The van der Waals surface area contributed by atoms with Gasteiger partial charge in [0.2, 0.25) is 11.8 Å². The zero-order valence-electron chi connectivity index (χ0n) is 14.0. The normalized spacial score (nSPS) is 22.2. The number of halogens is 1. The third kappa shape index (κ3) is 3.21. The fourth-order valence-electron chi connectivity index (χ4n) is 3.51. The molecule has 0 bridgehead atoms. The molecule has 2 atom stereocenters. The average molecular weight is 362 g/mol. The van der Waals surface area contributed by atoms with Gasteiger partial charge in [0.25, 0.3) is 5.91 Å². The summed E-state index contributed by atoms with van der Waals surface area (Å²) in [4.78, 5) is 14.6. The van der Waals surface area contributed by atoms with Gasteiger partial charge in [-0.1, -0.05) is 23.7 Å². The number of nitrogens with one attached hydrogen (secondary N) is 1. The molecule has 3 heterocycles. The summed E-state index contributed by atoms with van der Waals surface area (Å²) in [5.41, 5.74) is 0.979. The van der Waals surface area contributed by atoms with Gasteiger partial charge in [0.1, 0.15) is 0 Å². The maximum absolute atomic E-state index is 12.4. The molecule has 2 aliphatic heterocycles. The SMILES string of the molecule is Cn1c(C(=O)NCc2ccc(Cl)cc2)nnc1N1C[C@H]2COC[C@H]2C1. The highest BCUT2D eigenvalue weighted by Gasteiger charge is 2.39. The van der Waals surface area contributed by atoms with Crippen molar-refractivity contribution >= 4 is 23.5 Å². The van der Waals surface area contributed by atoms with Crippen molar-refractivity contribution in [1.82, 2.24) is 20.1 Å². The fourth-order valence-corrected chi connectivity index (χ4v) is 3.63. The van der Waals surface area contributed by atoms with E-state index in [4.69, 9.17) is 16.3 Å². The first kappa shape index (κ1) is 16.4. The van der Waals surface area contributed by atoms with E-state index in [2.05, 4.69) is 20.4 Å². The Kier molecular flexibility index (Phi) is 4.35. The van der Waals surface area contributed by atoms with Crippen LogP contribution in [0.5, 0.6) is 0 Å². The maximum atomic E-state index is 12.4. The minimum atomic E-state index is -0.237. The van der Waals surface area contributed by atoms with Crippen molar-refractivity contribution in [2.75, 3.05) is 31.2 Å². The molecule has 7 nitrogen and oxygen atoms in total. The molecule has 2 fully saturated rings. The smallest absolute Gasteiger partial charge is 0.289 e. The van der Waals surface area contributed by atoms with Crippen molar-refractivity contribution in [2.24, 2.45) is 18.9 Å². The van der Waals surface area contributed by atoms with Crippen LogP contribution in [0.3, 0.4) is 0 Å². The molecule has 0 radical (unpaired) electrons. The lowest BCUT2D eigenvalue weighted by Crippen LogP contribution is -2.28. The van der Waals surface area contributed by atoms with E-state index >= 15 is 0 Å². The van der Waals surface area contributed by atoms with Crippen LogP contribution >= 0.6 is 11.6 Å². The van der Waals surface area contributed by atoms with Crippen LogP contribution in [0.1, 0.15) is 16.2 Å². The lowest BCUT2D eigenvalue weighted by Gasteiger charge is -2.17. The van der Waals surface area contributed by atoms with E-state index in [-0.39, 0.29) is 5.91 Å². The van der Waals surface area contributed by atoms with Crippen molar-refractivity contribution in [3.63, 3.8) is 0 Å². The van der Waals surface area contributed by atoms with Gasteiger partial charge in [0.15, 0.2) is 0 Å². The van der Waals surface area contributed by atoms with E-state index in [1.165, 1.54) is 0 Å². The van der Waals surface area contributed by atoms with Crippen LogP contribution in [0.2, 0.25) is 5.02 Å². The first-order chi connectivity index (χ1) is 12.1. The van der Waals surface area contributed by atoms with Crippen molar-refractivity contribution < 1.29 is 9.53 Å². The molecule has 2 aliphatic rings. The predicted molar refractivity (Wildman–Crippen MR) is 93.6 cm³/mol. The van der Waals surface area contributed by atoms with Gasteiger partial charge in [0, 0.05) is 43.5 Å². The number of rotatable bonds is 4. The molecule has 132 valence electrons. The monoisotopic (exact) mass is 361 g/mol. The van der Waals surface area contributed by atoms with E-state index in [0.29, 0.717) is 29.2 Å². The van der Waals surface area contributed by atoms with Crippen molar-refractivity contribution in [2.45, 2.75) is 6.54 Å². The van der Waals surface area contributed by atoms with Gasteiger partial charge in [-0.15, -0.1) is 10.2 Å². The summed E-state index contributed by atoms with van der Waals surface area (Å²) >= 11 is 5.87. The molecule has 1 N–H and O–H groups in total. The third-order valence-electron chi connectivity index (χ3n) is 4.94. The summed E-state index contributed by atoms with van der Waals surface area (Å²) in [6.45, 7) is 3.86. The maximum Gasteiger partial charge on any atom is 0.289 e. The highest BCUT2D eigenvalue weighted by atomic mass is 35.5.